The number of aromatic nitrogens is 3. The summed E-state index contributed by atoms with van der Waals surface area (Å²) in [6.45, 7) is 2.65. The van der Waals surface area contributed by atoms with Gasteiger partial charge in [0.2, 0.25) is 0 Å². The molecular weight excluding hydrogens is 300 g/mol. The van der Waals surface area contributed by atoms with Crippen LogP contribution in [0.25, 0.3) is 11.4 Å². The largest absolute Gasteiger partial charge is 0.378 e. The predicted octanol–water partition coefficient (Wildman–Crippen LogP) is 3.80. The number of hydrogen-bond acceptors (Lipinski definition) is 4. The molecule has 0 saturated carbocycles. The highest BCUT2D eigenvalue weighted by Crippen LogP contribution is 2.21. The minimum Gasteiger partial charge on any atom is -0.378 e. The topological polar surface area (TPSA) is 52.0 Å². The Kier molecular flexibility index (Phi) is 4.91. The molecule has 0 saturated heterocycles. The molecule has 0 amide bonds. The van der Waals surface area contributed by atoms with Crippen molar-refractivity contribution in [3.63, 3.8) is 0 Å². The van der Waals surface area contributed by atoms with Crippen LogP contribution in [0.5, 0.6) is 0 Å². The highest BCUT2D eigenvalue weighted by atomic mass is 16.5. The maximum atomic E-state index is 5.37. The molecule has 3 rings (SSSR count). The Bertz CT molecular complexity index is 798. The summed E-state index contributed by atoms with van der Waals surface area (Å²) in [5.74, 6) is 1.76. The van der Waals surface area contributed by atoms with Crippen LogP contribution in [0.15, 0.2) is 54.6 Å². The van der Waals surface area contributed by atoms with Gasteiger partial charge < -0.3 is 14.6 Å². The van der Waals surface area contributed by atoms with Crippen LogP contribution in [0.4, 0.5) is 5.69 Å². The Morgan fingerprint density at radius 3 is 2.62 bits per heavy atom. The molecule has 0 radical (unpaired) electrons. The Balaban J connectivity index is 1.73. The molecule has 124 valence electrons. The van der Waals surface area contributed by atoms with Gasteiger partial charge in [-0.3, -0.25) is 0 Å². The lowest BCUT2D eigenvalue weighted by Crippen LogP contribution is -2.07. The van der Waals surface area contributed by atoms with E-state index in [9.17, 15) is 0 Å². The van der Waals surface area contributed by atoms with E-state index in [1.807, 2.05) is 61.0 Å². The van der Waals surface area contributed by atoms with Crippen LogP contribution in [0, 0.1) is 0 Å². The second kappa shape index (κ2) is 7.27. The minimum atomic E-state index is 0.0752. The van der Waals surface area contributed by atoms with Crippen molar-refractivity contribution in [1.29, 1.82) is 0 Å². The number of hydrogen-bond donors (Lipinski definition) is 1. The standard InChI is InChI=1S/C19H22N4O/c1-14(24-3)16-10-7-11-17(12-16)20-13-18-21-22-19(23(18)2)15-8-5-4-6-9-15/h4-12,14,20H,13H2,1-3H3. The van der Waals surface area contributed by atoms with E-state index in [1.54, 1.807) is 7.11 Å². The number of benzene rings is 2. The average molecular weight is 322 g/mol. The molecule has 0 aliphatic carbocycles. The molecule has 2 aromatic carbocycles. The molecular formula is C19H22N4O. The molecule has 24 heavy (non-hydrogen) atoms. The van der Waals surface area contributed by atoms with E-state index >= 15 is 0 Å². The van der Waals surface area contributed by atoms with E-state index in [0.717, 1.165) is 28.5 Å². The van der Waals surface area contributed by atoms with Gasteiger partial charge in [-0.2, -0.15) is 0 Å². The number of rotatable bonds is 6. The molecule has 0 aliphatic rings. The molecule has 1 unspecified atom stereocenters. The summed E-state index contributed by atoms with van der Waals surface area (Å²) < 4.78 is 7.39. The van der Waals surface area contributed by atoms with Gasteiger partial charge in [-0.1, -0.05) is 42.5 Å². The van der Waals surface area contributed by atoms with Gasteiger partial charge in [0.05, 0.1) is 12.6 Å². The van der Waals surface area contributed by atoms with Crippen LogP contribution in [0.2, 0.25) is 0 Å². The molecule has 0 fully saturated rings. The van der Waals surface area contributed by atoms with E-state index in [2.05, 4.69) is 27.6 Å². The van der Waals surface area contributed by atoms with Crippen molar-refractivity contribution in [2.75, 3.05) is 12.4 Å². The Morgan fingerprint density at radius 1 is 1.08 bits per heavy atom. The van der Waals surface area contributed by atoms with Crippen molar-refractivity contribution >= 4 is 5.69 Å². The number of nitrogens with one attached hydrogen (secondary N) is 1. The summed E-state index contributed by atoms with van der Waals surface area (Å²) in [4.78, 5) is 0. The summed E-state index contributed by atoms with van der Waals surface area (Å²) in [5.41, 5.74) is 3.25. The van der Waals surface area contributed by atoms with Crippen molar-refractivity contribution < 1.29 is 4.74 Å². The maximum absolute atomic E-state index is 5.37. The summed E-state index contributed by atoms with van der Waals surface area (Å²) >= 11 is 0. The van der Waals surface area contributed by atoms with Crippen LogP contribution in [-0.2, 0) is 18.3 Å². The molecule has 0 aliphatic heterocycles. The third kappa shape index (κ3) is 3.46. The fourth-order valence-electron chi connectivity index (χ4n) is 2.57. The van der Waals surface area contributed by atoms with Gasteiger partial charge in [-0.05, 0) is 24.6 Å². The van der Waals surface area contributed by atoms with Gasteiger partial charge in [0.15, 0.2) is 11.6 Å². The van der Waals surface area contributed by atoms with Crippen molar-refractivity contribution in [2.45, 2.75) is 19.6 Å². The van der Waals surface area contributed by atoms with Crippen LogP contribution >= 0.6 is 0 Å². The van der Waals surface area contributed by atoms with Crippen LogP contribution < -0.4 is 5.32 Å². The lowest BCUT2D eigenvalue weighted by atomic mass is 10.1. The minimum absolute atomic E-state index is 0.0752. The highest BCUT2D eigenvalue weighted by Gasteiger charge is 2.10. The summed E-state index contributed by atoms with van der Waals surface area (Å²) in [7, 11) is 3.71. The number of anilines is 1. The first-order chi connectivity index (χ1) is 11.7. The lowest BCUT2D eigenvalue weighted by Gasteiger charge is -2.12. The zero-order valence-electron chi connectivity index (χ0n) is 14.2. The molecule has 5 heteroatoms. The van der Waals surface area contributed by atoms with Crippen LogP contribution in [-0.4, -0.2) is 21.9 Å². The first-order valence-electron chi connectivity index (χ1n) is 7.99. The zero-order valence-corrected chi connectivity index (χ0v) is 14.2. The van der Waals surface area contributed by atoms with E-state index in [0.29, 0.717) is 6.54 Å². The van der Waals surface area contributed by atoms with E-state index in [4.69, 9.17) is 4.74 Å². The smallest absolute Gasteiger partial charge is 0.163 e. The first-order valence-corrected chi connectivity index (χ1v) is 7.99. The second-order valence-corrected chi connectivity index (χ2v) is 5.72. The van der Waals surface area contributed by atoms with Gasteiger partial charge in [0.1, 0.15) is 0 Å². The maximum Gasteiger partial charge on any atom is 0.163 e. The van der Waals surface area contributed by atoms with Crippen molar-refractivity contribution in [3.8, 4) is 11.4 Å². The van der Waals surface area contributed by atoms with Gasteiger partial charge >= 0.3 is 0 Å². The van der Waals surface area contributed by atoms with E-state index in [-0.39, 0.29) is 6.10 Å². The summed E-state index contributed by atoms with van der Waals surface area (Å²) in [6.07, 6.45) is 0.0752. The van der Waals surface area contributed by atoms with Gasteiger partial charge in [-0.15, -0.1) is 10.2 Å². The Morgan fingerprint density at radius 2 is 1.88 bits per heavy atom. The Hall–Kier alpha value is -2.66. The molecule has 1 aromatic heterocycles. The monoisotopic (exact) mass is 322 g/mol. The third-order valence-corrected chi connectivity index (χ3v) is 4.16. The fourth-order valence-corrected chi connectivity index (χ4v) is 2.57. The SMILES string of the molecule is COC(C)c1cccc(NCc2nnc(-c3ccccc3)n2C)c1. The quantitative estimate of drug-likeness (QED) is 0.750. The van der Waals surface area contributed by atoms with Crippen molar-refractivity contribution in [3.05, 3.63) is 66.0 Å². The third-order valence-electron chi connectivity index (χ3n) is 4.16. The van der Waals surface area contributed by atoms with E-state index in [1.165, 1.54) is 0 Å². The van der Waals surface area contributed by atoms with Crippen molar-refractivity contribution in [2.24, 2.45) is 7.05 Å². The average Bonchev–Trinajstić information content (AvgIpc) is 3.01. The Labute approximate surface area is 142 Å². The predicted molar refractivity (Wildman–Crippen MR) is 95.6 cm³/mol. The molecule has 1 atom stereocenters. The second-order valence-electron chi connectivity index (χ2n) is 5.72. The van der Waals surface area contributed by atoms with Crippen LogP contribution in [0.3, 0.4) is 0 Å². The zero-order chi connectivity index (χ0) is 16.9. The normalized spacial score (nSPS) is 12.1. The summed E-state index contributed by atoms with van der Waals surface area (Å²) in [5, 5.41) is 12.0. The molecule has 0 spiro atoms. The lowest BCUT2D eigenvalue weighted by molar-refractivity contribution is 0.119. The van der Waals surface area contributed by atoms with Crippen LogP contribution in [0.1, 0.15) is 24.4 Å². The highest BCUT2D eigenvalue weighted by molar-refractivity contribution is 5.55. The molecule has 0 bridgehead atoms. The number of methoxy groups -OCH3 is 1. The number of ether oxygens (including phenoxy) is 1. The van der Waals surface area contributed by atoms with Gasteiger partial charge in [0, 0.05) is 25.4 Å². The first kappa shape index (κ1) is 16.2. The molecule has 1 heterocycles. The fraction of sp³-hybridized carbons (Fsp3) is 0.263. The molecule has 5 nitrogen and oxygen atoms in total. The molecule has 3 aromatic rings. The number of nitrogens with zero attached hydrogens (tertiary/aromatic N) is 3. The van der Waals surface area contributed by atoms with Gasteiger partial charge in [0.25, 0.3) is 0 Å². The van der Waals surface area contributed by atoms with Gasteiger partial charge in [-0.25, -0.2) is 0 Å². The summed E-state index contributed by atoms with van der Waals surface area (Å²) in [6, 6.07) is 18.3. The molecule has 1 N–H and O–H groups in total. The van der Waals surface area contributed by atoms with Crippen molar-refractivity contribution in [1.82, 2.24) is 14.8 Å². The van der Waals surface area contributed by atoms with E-state index < -0.39 is 0 Å².